The average Bonchev–Trinajstić information content (AvgIpc) is 2.97. The fourth-order valence-corrected chi connectivity index (χ4v) is 3.63. The van der Waals surface area contributed by atoms with E-state index in [-0.39, 0.29) is 5.78 Å². The molecule has 0 spiro atoms. The zero-order valence-electron chi connectivity index (χ0n) is 12.3. The molecule has 0 aromatic heterocycles. The summed E-state index contributed by atoms with van der Waals surface area (Å²) in [7, 11) is 0. The second-order valence-corrected chi connectivity index (χ2v) is 6.67. The maximum atomic E-state index is 11.9. The van der Waals surface area contributed by atoms with Gasteiger partial charge in [-0.2, -0.15) is 0 Å². The van der Waals surface area contributed by atoms with E-state index < -0.39 is 0 Å². The van der Waals surface area contributed by atoms with Crippen molar-refractivity contribution >= 4 is 27.4 Å². The number of halogens is 1. The zero-order chi connectivity index (χ0) is 14.8. The highest BCUT2D eigenvalue weighted by atomic mass is 79.9. The van der Waals surface area contributed by atoms with Crippen LogP contribution < -0.4 is 4.90 Å². The molecule has 4 nitrogen and oxygen atoms in total. The first kappa shape index (κ1) is 15.0. The highest BCUT2D eigenvalue weighted by molar-refractivity contribution is 9.10. The van der Waals surface area contributed by atoms with Gasteiger partial charge in [-0.1, -0.05) is 15.9 Å². The van der Waals surface area contributed by atoms with Gasteiger partial charge in [-0.25, -0.2) is 0 Å². The highest BCUT2D eigenvalue weighted by Crippen LogP contribution is 2.29. The van der Waals surface area contributed by atoms with Gasteiger partial charge in [0, 0.05) is 47.9 Å². The van der Waals surface area contributed by atoms with Crippen LogP contribution in [0, 0.1) is 0 Å². The van der Waals surface area contributed by atoms with Crippen LogP contribution in [0.25, 0.3) is 0 Å². The van der Waals surface area contributed by atoms with Crippen molar-refractivity contribution in [1.82, 2.24) is 4.90 Å². The van der Waals surface area contributed by atoms with Gasteiger partial charge in [0.15, 0.2) is 5.78 Å². The van der Waals surface area contributed by atoms with E-state index >= 15 is 0 Å². The van der Waals surface area contributed by atoms with Gasteiger partial charge in [-0.05, 0) is 31.5 Å². The van der Waals surface area contributed by atoms with Crippen LogP contribution in [0.3, 0.4) is 0 Å². The molecule has 2 aliphatic heterocycles. The van der Waals surface area contributed by atoms with Crippen LogP contribution in [-0.2, 0) is 4.74 Å². The number of anilines is 1. The number of ketones is 1. The van der Waals surface area contributed by atoms with Gasteiger partial charge in [-0.15, -0.1) is 0 Å². The summed E-state index contributed by atoms with van der Waals surface area (Å²) < 4.78 is 6.39. The molecule has 2 aliphatic rings. The Kier molecular flexibility index (Phi) is 4.62. The van der Waals surface area contributed by atoms with Crippen molar-refractivity contribution in [2.24, 2.45) is 0 Å². The van der Waals surface area contributed by atoms with Gasteiger partial charge in [0.25, 0.3) is 0 Å². The number of nitrogens with zero attached hydrogens (tertiary/aromatic N) is 2. The van der Waals surface area contributed by atoms with Gasteiger partial charge < -0.3 is 9.64 Å². The first-order valence-electron chi connectivity index (χ1n) is 7.52. The Morgan fingerprint density at radius 3 is 2.76 bits per heavy atom. The van der Waals surface area contributed by atoms with Crippen LogP contribution >= 0.6 is 15.9 Å². The minimum absolute atomic E-state index is 0.126. The lowest BCUT2D eigenvalue weighted by molar-refractivity contribution is 0.0209. The molecule has 21 heavy (non-hydrogen) atoms. The molecule has 2 saturated heterocycles. The number of hydrogen-bond donors (Lipinski definition) is 0. The van der Waals surface area contributed by atoms with E-state index in [0.29, 0.717) is 6.04 Å². The molecule has 0 amide bonds. The third-order valence-electron chi connectivity index (χ3n) is 4.40. The third kappa shape index (κ3) is 3.30. The normalized spacial score (nSPS) is 23.5. The molecule has 114 valence electrons. The molecular weight excluding hydrogens is 332 g/mol. The number of Topliss-reactive ketones (excluding diaryl/α,β-unsaturated/α-hetero) is 1. The Balaban J connectivity index is 1.75. The first-order valence-corrected chi connectivity index (χ1v) is 8.31. The maximum absolute atomic E-state index is 11.9. The smallest absolute Gasteiger partial charge is 0.161 e. The van der Waals surface area contributed by atoms with Crippen LogP contribution in [0.5, 0.6) is 0 Å². The monoisotopic (exact) mass is 352 g/mol. The topological polar surface area (TPSA) is 32.8 Å². The third-order valence-corrected chi connectivity index (χ3v) is 4.90. The van der Waals surface area contributed by atoms with E-state index in [0.717, 1.165) is 61.5 Å². The van der Waals surface area contributed by atoms with Crippen LogP contribution in [0.4, 0.5) is 5.69 Å². The molecule has 0 bridgehead atoms. The molecule has 2 heterocycles. The fraction of sp³-hybridized carbons (Fsp3) is 0.562. The molecule has 0 aliphatic carbocycles. The summed E-state index contributed by atoms with van der Waals surface area (Å²) in [5, 5.41) is 0. The molecule has 0 radical (unpaired) electrons. The van der Waals surface area contributed by atoms with Crippen molar-refractivity contribution in [1.29, 1.82) is 0 Å². The molecule has 0 saturated carbocycles. The minimum atomic E-state index is 0.126. The molecule has 0 N–H and O–H groups in total. The van der Waals surface area contributed by atoms with Gasteiger partial charge >= 0.3 is 0 Å². The summed E-state index contributed by atoms with van der Waals surface area (Å²) in [6, 6.07) is 6.59. The molecular formula is C16H21BrN2O2. The summed E-state index contributed by atoms with van der Waals surface area (Å²) in [6.45, 7) is 7.39. The summed E-state index contributed by atoms with van der Waals surface area (Å²) in [5.74, 6) is 0.126. The van der Waals surface area contributed by atoms with Crippen molar-refractivity contribution < 1.29 is 9.53 Å². The Morgan fingerprint density at radius 2 is 2.05 bits per heavy atom. The molecule has 1 aromatic carbocycles. The number of benzene rings is 1. The van der Waals surface area contributed by atoms with E-state index in [2.05, 4.69) is 31.8 Å². The van der Waals surface area contributed by atoms with E-state index in [4.69, 9.17) is 4.74 Å². The number of hydrogen-bond acceptors (Lipinski definition) is 4. The molecule has 3 rings (SSSR count). The van der Waals surface area contributed by atoms with Crippen LogP contribution in [0.1, 0.15) is 23.7 Å². The van der Waals surface area contributed by atoms with Gasteiger partial charge in [0.1, 0.15) is 0 Å². The van der Waals surface area contributed by atoms with Gasteiger partial charge in [0.05, 0.1) is 13.2 Å². The lowest BCUT2D eigenvalue weighted by atomic mass is 10.1. The van der Waals surface area contributed by atoms with Crippen molar-refractivity contribution in [2.75, 3.05) is 44.3 Å². The lowest BCUT2D eigenvalue weighted by Gasteiger charge is -2.32. The maximum Gasteiger partial charge on any atom is 0.161 e. The lowest BCUT2D eigenvalue weighted by Crippen LogP contribution is -2.44. The fourth-order valence-electron chi connectivity index (χ4n) is 3.27. The second-order valence-electron chi connectivity index (χ2n) is 5.75. The van der Waals surface area contributed by atoms with Crippen molar-refractivity contribution in [3.05, 3.63) is 28.2 Å². The average molecular weight is 353 g/mol. The largest absolute Gasteiger partial charge is 0.379 e. The molecule has 1 aromatic rings. The Bertz CT molecular complexity index is 529. The van der Waals surface area contributed by atoms with E-state index in [1.165, 1.54) is 0 Å². The predicted molar refractivity (Wildman–Crippen MR) is 87.2 cm³/mol. The Morgan fingerprint density at radius 1 is 1.29 bits per heavy atom. The van der Waals surface area contributed by atoms with Crippen LogP contribution in [0.15, 0.2) is 22.7 Å². The first-order chi connectivity index (χ1) is 10.1. The van der Waals surface area contributed by atoms with Crippen LogP contribution in [0.2, 0.25) is 0 Å². The summed E-state index contributed by atoms with van der Waals surface area (Å²) in [6.07, 6.45) is 1.16. The number of carbonyl (C=O) groups is 1. The molecule has 1 unspecified atom stereocenters. The van der Waals surface area contributed by atoms with E-state index in [9.17, 15) is 4.79 Å². The molecule has 2 fully saturated rings. The summed E-state index contributed by atoms with van der Waals surface area (Å²) in [5.41, 5.74) is 1.88. The quantitative estimate of drug-likeness (QED) is 0.782. The predicted octanol–water partition coefficient (Wildman–Crippen LogP) is 2.56. The second kappa shape index (κ2) is 6.46. The number of morpholine rings is 1. The molecule has 5 heteroatoms. The van der Waals surface area contributed by atoms with Gasteiger partial charge in [-0.3, -0.25) is 9.69 Å². The molecule has 1 atom stereocenters. The highest BCUT2D eigenvalue weighted by Gasteiger charge is 2.30. The summed E-state index contributed by atoms with van der Waals surface area (Å²) in [4.78, 5) is 16.8. The standard InChI is InChI=1S/C16H21BrN2O2/c1-12(20)15-10-13(17)2-3-16(15)19-5-4-14(11-19)18-6-8-21-9-7-18/h2-3,10,14H,4-9,11H2,1H3. The zero-order valence-corrected chi connectivity index (χ0v) is 13.9. The Hall–Kier alpha value is -0.910. The SMILES string of the molecule is CC(=O)c1cc(Br)ccc1N1CCC(N2CCOCC2)C1. The van der Waals surface area contributed by atoms with Crippen LogP contribution in [-0.4, -0.2) is 56.1 Å². The van der Waals surface area contributed by atoms with E-state index in [1.54, 1.807) is 6.92 Å². The van der Waals surface area contributed by atoms with Crippen molar-refractivity contribution in [3.63, 3.8) is 0 Å². The number of rotatable bonds is 3. The Labute approximate surface area is 134 Å². The van der Waals surface area contributed by atoms with E-state index in [1.807, 2.05) is 12.1 Å². The minimum Gasteiger partial charge on any atom is -0.379 e. The van der Waals surface area contributed by atoms with Crippen molar-refractivity contribution in [3.8, 4) is 0 Å². The van der Waals surface area contributed by atoms with Crippen molar-refractivity contribution in [2.45, 2.75) is 19.4 Å². The number of ether oxygens (including phenoxy) is 1. The summed E-state index contributed by atoms with van der Waals surface area (Å²) >= 11 is 3.45. The number of carbonyl (C=O) groups excluding carboxylic acids is 1. The van der Waals surface area contributed by atoms with Gasteiger partial charge in [0.2, 0.25) is 0 Å².